The molecule has 2 aromatic rings. The summed E-state index contributed by atoms with van der Waals surface area (Å²) in [6.07, 6.45) is 1.23. The summed E-state index contributed by atoms with van der Waals surface area (Å²) >= 11 is 0. The van der Waals surface area contributed by atoms with Gasteiger partial charge in [-0.2, -0.15) is 0 Å². The molecule has 0 bridgehead atoms. The summed E-state index contributed by atoms with van der Waals surface area (Å²) in [6.45, 7) is 1.28. The lowest BCUT2D eigenvalue weighted by molar-refractivity contribution is -0.144. The van der Waals surface area contributed by atoms with Gasteiger partial charge in [0, 0.05) is 12.2 Å². The Labute approximate surface area is 119 Å². The van der Waals surface area contributed by atoms with Crippen LogP contribution >= 0.6 is 0 Å². The Morgan fingerprint density at radius 3 is 2.71 bits per heavy atom. The van der Waals surface area contributed by atoms with Crippen molar-refractivity contribution in [3.63, 3.8) is 0 Å². The number of carboxylic acids is 1. The lowest BCUT2D eigenvalue weighted by Crippen LogP contribution is -2.47. The predicted octanol–water partition coefficient (Wildman–Crippen LogP) is 0.791. The van der Waals surface area contributed by atoms with Crippen LogP contribution in [0.25, 0.3) is 17.2 Å². The largest absolute Gasteiger partial charge is 0.480 e. The molecule has 3 N–H and O–H groups in total. The normalized spacial score (nSPS) is 14.2. The Kier molecular flexibility index (Phi) is 4.34. The van der Waals surface area contributed by atoms with Gasteiger partial charge >= 0.3 is 5.97 Å². The number of para-hydroxylation sites is 2. The molecule has 1 amide bonds. The van der Waals surface area contributed by atoms with Crippen LogP contribution in [0.4, 0.5) is 0 Å². The number of carboxylic acid groups (broad SMARTS) is 1. The van der Waals surface area contributed by atoms with Crippen LogP contribution in [0.1, 0.15) is 12.8 Å². The number of amides is 1. The molecule has 1 aromatic heterocycles. The van der Waals surface area contributed by atoms with Crippen molar-refractivity contribution in [3.05, 3.63) is 36.2 Å². The van der Waals surface area contributed by atoms with Crippen molar-refractivity contribution in [1.82, 2.24) is 10.3 Å². The number of nitrogens with zero attached hydrogens (tertiary/aromatic N) is 1. The molecule has 1 aromatic carbocycles. The van der Waals surface area contributed by atoms with Crippen molar-refractivity contribution in [3.8, 4) is 0 Å². The second kappa shape index (κ2) is 6.19. The van der Waals surface area contributed by atoms with E-state index < -0.39 is 24.0 Å². The maximum atomic E-state index is 11.6. The number of benzene rings is 1. The molecule has 2 atom stereocenters. The number of oxazole rings is 1. The highest BCUT2D eigenvalue weighted by atomic mass is 16.4. The fourth-order valence-corrected chi connectivity index (χ4v) is 1.70. The number of hydrogen-bond acceptors (Lipinski definition) is 5. The van der Waals surface area contributed by atoms with Gasteiger partial charge in [-0.3, -0.25) is 4.79 Å². The Morgan fingerprint density at radius 1 is 1.38 bits per heavy atom. The third kappa shape index (κ3) is 3.67. The van der Waals surface area contributed by atoms with Gasteiger partial charge in [0.1, 0.15) is 5.52 Å². The van der Waals surface area contributed by atoms with Crippen molar-refractivity contribution in [2.24, 2.45) is 0 Å². The van der Waals surface area contributed by atoms with Crippen LogP contribution in [0.5, 0.6) is 0 Å². The molecule has 7 heteroatoms. The molecule has 0 aliphatic carbocycles. The molecule has 21 heavy (non-hydrogen) atoms. The lowest BCUT2D eigenvalue weighted by atomic mass is 10.2. The zero-order valence-corrected chi connectivity index (χ0v) is 11.2. The number of rotatable bonds is 5. The van der Waals surface area contributed by atoms with Crippen LogP contribution in [0, 0.1) is 0 Å². The Bertz CT molecular complexity index is 656. The van der Waals surface area contributed by atoms with Gasteiger partial charge in [-0.25, -0.2) is 9.78 Å². The van der Waals surface area contributed by atoms with E-state index in [1.165, 1.54) is 13.0 Å². The van der Waals surface area contributed by atoms with Gasteiger partial charge in [0.05, 0.1) is 6.10 Å². The molecule has 2 unspecified atom stereocenters. The lowest BCUT2D eigenvalue weighted by Gasteiger charge is -2.15. The van der Waals surface area contributed by atoms with Crippen molar-refractivity contribution in [1.29, 1.82) is 0 Å². The number of fused-ring (bicyclic) bond motifs is 1. The zero-order chi connectivity index (χ0) is 15.4. The first-order valence-electron chi connectivity index (χ1n) is 6.22. The molecule has 110 valence electrons. The third-order valence-corrected chi connectivity index (χ3v) is 2.73. The van der Waals surface area contributed by atoms with Crippen LogP contribution in [-0.4, -0.2) is 39.2 Å². The highest BCUT2D eigenvalue weighted by Crippen LogP contribution is 2.15. The fourth-order valence-electron chi connectivity index (χ4n) is 1.70. The highest BCUT2D eigenvalue weighted by molar-refractivity contribution is 5.94. The standard InChI is InChI=1S/C14H14N2O5/c1-8(17)13(14(19)20)16-11(18)6-7-12-15-9-4-2-3-5-10(9)21-12/h2-8,13,17H,1H3,(H,16,18)(H,19,20)/b7-6+. The van der Waals surface area contributed by atoms with Crippen LogP contribution < -0.4 is 5.32 Å². The minimum Gasteiger partial charge on any atom is -0.480 e. The van der Waals surface area contributed by atoms with Gasteiger partial charge in [0.2, 0.25) is 11.8 Å². The third-order valence-electron chi connectivity index (χ3n) is 2.73. The molecule has 0 saturated carbocycles. The van der Waals surface area contributed by atoms with Gasteiger partial charge in [-0.1, -0.05) is 12.1 Å². The molecule has 0 saturated heterocycles. The van der Waals surface area contributed by atoms with E-state index in [-0.39, 0.29) is 5.89 Å². The van der Waals surface area contributed by atoms with Crippen molar-refractivity contribution in [2.45, 2.75) is 19.1 Å². The minimum absolute atomic E-state index is 0.232. The molecular weight excluding hydrogens is 276 g/mol. The summed E-state index contributed by atoms with van der Waals surface area (Å²) in [6, 6.07) is 5.75. The molecule has 0 fully saturated rings. The first kappa shape index (κ1) is 14.7. The summed E-state index contributed by atoms with van der Waals surface area (Å²) in [5.74, 6) is -1.74. The van der Waals surface area contributed by atoms with E-state index in [1.54, 1.807) is 18.2 Å². The van der Waals surface area contributed by atoms with E-state index >= 15 is 0 Å². The summed E-state index contributed by atoms with van der Waals surface area (Å²) < 4.78 is 5.37. The predicted molar refractivity (Wildman–Crippen MR) is 74.3 cm³/mol. The number of nitrogens with one attached hydrogen (secondary N) is 1. The van der Waals surface area contributed by atoms with Crippen LogP contribution in [0.2, 0.25) is 0 Å². The first-order valence-corrected chi connectivity index (χ1v) is 6.22. The molecule has 0 radical (unpaired) electrons. The molecule has 2 rings (SSSR count). The number of aliphatic hydroxyl groups is 1. The first-order chi connectivity index (χ1) is 9.97. The van der Waals surface area contributed by atoms with E-state index in [0.717, 1.165) is 6.08 Å². The molecular formula is C14H14N2O5. The summed E-state index contributed by atoms with van der Waals surface area (Å²) in [5.41, 5.74) is 1.25. The average molecular weight is 290 g/mol. The Hall–Kier alpha value is -2.67. The number of aliphatic carboxylic acids is 1. The molecule has 1 heterocycles. The van der Waals surface area contributed by atoms with Gasteiger partial charge < -0.3 is 19.9 Å². The van der Waals surface area contributed by atoms with Gasteiger partial charge in [-0.15, -0.1) is 0 Å². The zero-order valence-electron chi connectivity index (χ0n) is 11.2. The van der Waals surface area contributed by atoms with Crippen molar-refractivity contribution in [2.75, 3.05) is 0 Å². The molecule has 0 aliphatic rings. The average Bonchev–Trinajstić information content (AvgIpc) is 2.84. The van der Waals surface area contributed by atoms with Crippen LogP contribution in [-0.2, 0) is 9.59 Å². The maximum Gasteiger partial charge on any atom is 0.328 e. The smallest absolute Gasteiger partial charge is 0.328 e. The second-order valence-corrected chi connectivity index (χ2v) is 4.42. The van der Waals surface area contributed by atoms with Gasteiger partial charge in [0.25, 0.3) is 0 Å². The van der Waals surface area contributed by atoms with Crippen LogP contribution in [0.15, 0.2) is 34.8 Å². The van der Waals surface area contributed by atoms with E-state index in [4.69, 9.17) is 9.52 Å². The van der Waals surface area contributed by atoms with Crippen LogP contribution in [0.3, 0.4) is 0 Å². The molecule has 0 spiro atoms. The Balaban J connectivity index is 2.06. The SMILES string of the molecule is CC(O)C(NC(=O)/C=C/c1nc2ccccc2o1)C(=O)O. The molecule has 7 nitrogen and oxygen atoms in total. The fraction of sp³-hybridized carbons (Fsp3) is 0.214. The minimum atomic E-state index is -1.37. The monoisotopic (exact) mass is 290 g/mol. The number of carbonyl (C=O) groups is 2. The van der Waals surface area contributed by atoms with E-state index in [9.17, 15) is 14.7 Å². The number of aliphatic hydroxyl groups excluding tert-OH is 1. The van der Waals surface area contributed by atoms with E-state index in [1.807, 2.05) is 6.07 Å². The topological polar surface area (TPSA) is 113 Å². The Morgan fingerprint density at radius 2 is 2.10 bits per heavy atom. The summed E-state index contributed by atoms with van der Waals surface area (Å²) in [7, 11) is 0. The van der Waals surface area contributed by atoms with E-state index in [2.05, 4.69) is 10.3 Å². The van der Waals surface area contributed by atoms with E-state index in [0.29, 0.717) is 11.1 Å². The van der Waals surface area contributed by atoms with Gasteiger partial charge in [-0.05, 0) is 19.1 Å². The second-order valence-electron chi connectivity index (χ2n) is 4.42. The number of aromatic nitrogens is 1. The summed E-state index contributed by atoms with van der Waals surface area (Å²) in [5, 5.41) is 20.3. The quantitative estimate of drug-likeness (QED) is 0.702. The molecule has 0 aliphatic heterocycles. The number of carbonyl (C=O) groups excluding carboxylic acids is 1. The number of hydrogen-bond donors (Lipinski definition) is 3. The van der Waals surface area contributed by atoms with Crippen molar-refractivity contribution < 1.29 is 24.2 Å². The highest BCUT2D eigenvalue weighted by Gasteiger charge is 2.23. The maximum absolute atomic E-state index is 11.6. The van der Waals surface area contributed by atoms with Gasteiger partial charge in [0.15, 0.2) is 11.6 Å². The van der Waals surface area contributed by atoms with Crippen molar-refractivity contribution >= 4 is 29.1 Å². The summed E-state index contributed by atoms with van der Waals surface area (Å²) in [4.78, 5) is 26.6.